The van der Waals surface area contributed by atoms with Crippen LogP contribution in [0.5, 0.6) is 0 Å². The lowest BCUT2D eigenvalue weighted by molar-refractivity contribution is 0.0605. The highest BCUT2D eigenvalue weighted by Gasteiger charge is 2.15. The molecule has 16 heavy (non-hydrogen) atoms. The van der Waals surface area contributed by atoms with E-state index in [1.807, 2.05) is 36.4 Å². The second kappa shape index (κ2) is 4.97. The third-order valence-electron chi connectivity index (χ3n) is 2.12. The minimum Gasteiger partial charge on any atom is -0.465 e. The number of rotatable bonds is 2. The van der Waals surface area contributed by atoms with Gasteiger partial charge in [-0.2, -0.15) is 0 Å². The largest absolute Gasteiger partial charge is 0.465 e. The fraction of sp³-hybridized carbons (Fsp3) is 0.0833. The van der Waals surface area contributed by atoms with Gasteiger partial charge in [-0.25, -0.2) is 4.79 Å². The van der Waals surface area contributed by atoms with Crippen molar-refractivity contribution in [1.82, 2.24) is 0 Å². The summed E-state index contributed by atoms with van der Waals surface area (Å²) < 4.78 is 5.67. The van der Waals surface area contributed by atoms with Gasteiger partial charge >= 0.3 is 5.97 Å². The average molecular weight is 344 g/mol. The summed E-state index contributed by atoms with van der Waals surface area (Å²) in [5.41, 5.74) is 1.13. The Morgan fingerprint density at radius 3 is 2.62 bits per heavy atom. The number of benzene rings is 1. The van der Waals surface area contributed by atoms with E-state index >= 15 is 0 Å². The SMILES string of the molecule is COC(=O)c1sc(-c2ccccc2)cc1I. The predicted octanol–water partition coefficient (Wildman–Crippen LogP) is 3.81. The minimum absolute atomic E-state index is 0.267. The number of esters is 1. The standard InChI is InChI=1S/C12H9IO2S/c1-15-12(14)11-9(13)7-10(16-11)8-5-3-2-4-6-8/h2-7H,1H3. The van der Waals surface area contributed by atoms with E-state index in [1.54, 1.807) is 0 Å². The zero-order valence-corrected chi connectivity index (χ0v) is 11.5. The summed E-state index contributed by atoms with van der Waals surface area (Å²) in [6, 6.07) is 12.0. The van der Waals surface area contributed by atoms with E-state index in [0.29, 0.717) is 4.88 Å². The molecule has 0 spiro atoms. The Kier molecular flexibility index (Phi) is 3.60. The maximum absolute atomic E-state index is 11.5. The summed E-state index contributed by atoms with van der Waals surface area (Å²) in [7, 11) is 1.40. The Bertz CT molecular complexity index is 505. The normalized spacial score (nSPS) is 10.1. The van der Waals surface area contributed by atoms with Gasteiger partial charge in [0.2, 0.25) is 0 Å². The number of hydrogen-bond acceptors (Lipinski definition) is 3. The summed E-state index contributed by atoms with van der Waals surface area (Å²) >= 11 is 3.62. The van der Waals surface area contributed by atoms with Crippen LogP contribution >= 0.6 is 33.9 Å². The molecule has 1 aromatic carbocycles. The van der Waals surface area contributed by atoms with Gasteiger partial charge in [0.1, 0.15) is 4.88 Å². The van der Waals surface area contributed by atoms with Gasteiger partial charge in [0.15, 0.2) is 0 Å². The molecule has 1 heterocycles. The van der Waals surface area contributed by atoms with Crippen LogP contribution in [-0.2, 0) is 4.74 Å². The van der Waals surface area contributed by atoms with Crippen molar-refractivity contribution in [2.24, 2.45) is 0 Å². The van der Waals surface area contributed by atoms with E-state index in [0.717, 1.165) is 14.0 Å². The highest BCUT2D eigenvalue weighted by Crippen LogP contribution is 2.32. The van der Waals surface area contributed by atoms with E-state index in [1.165, 1.54) is 18.4 Å². The summed E-state index contributed by atoms with van der Waals surface area (Å²) in [6.45, 7) is 0. The van der Waals surface area contributed by atoms with Crippen molar-refractivity contribution >= 4 is 39.9 Å². The quantitative estimate of drug-likeness (QED) is 0.612. The smallest absolute Gasteiger partial charge is 0.349 e. The zero-order valence-electron chi connectivity index (χ0n) is 8.57. The second-order valence-corrected chi connectivity index (χ2v) is 5.36. The molecule has 0 bridgehead atoms. The third-order valence-corrected chi connectivity index (χ3v) is 4.50. The molecule has 0 atom stereocenters. The van der Waals surface area contributed by atoms with Gasteiger partial charge in [-0.15, -0.1) is 11.3 Å². The van der Waals surface area contributed by atoms with Gasteiger partial charge in [-0.3, -0.25) is 0 Å². The van der Waals surface area contributed by atoms with Crippen LogP contribution in [0.3, 0.4) is 0 Å². The van der Waals surface area contributed by atoms with Crippen LogP contribution in [0.4, 0.5) is 0 Å². The van der Waals surface area contributed by atoms with Crippen molar-refractivity contribution in [3.63, 3.8) is 0 Å². The van der Waals surface area contributed by atoms with Gasteiger partial charge in [0.25, 0.3) is 0 Å². The van der Waals surface area contributed by atoms with Crippen LogP contribution in [0.15, 0.2) is 36.4 Å². The van der Waals surface area contributed by atoms with Crippen LogP contribution < -0.4 is 0 Å². The molecule has 82 valence electrons. The molecule has 1 aromatic heterocycles. The molecule has 0 amide bonds. The number of carbonyl (C=O) groups excluding carboxylic acids is 1. The monoisotopic (exact) mass is 344 g/mol. The molecule has 0 aliphatic heterocycles. The fourth-order valence-electron chi connectivity index (χ4n) is 1.35. The zero-order chi connectivity index (χ0) is 11.5. The maximum Gasteiger partial charge on any atom is 0.349 e. The molecule has 2 aromatic rings. The first kappa shape index (κ1) is 11.6. The van der Waals surface area contributed by atoms with Crippen LogP contribution in [0.1, 0.15) is 9.67 Å². The summed E-state index contributed by atoms with van der Waals surface area (Å²) in [4.78, 5) is 13.2. The van der Waals surface area contributed by atoms with Gasteiger partial charge in [0.05, 0.1) is 7.11 Å². The van der Waals surface area contributed by atoms with E-state index in [4.69, 9.17) is 4.74 Å². The average Bonchev–Trinajstić information content (AvgIpc) is 2.71. The van der Waals surface area contributed by atoms with Crippen LogP contribution in [0.25, 0.3) is 10.4 Å². The van der Waals surface area contributed by atoms with Gasteiger partial charge < -0.3 is 4.74 Å². The van der Waals surface area contributed by atoms with Crippen LogP contribution in [0.2, 0.25) is 0 Å². The molecule has 0 fully saturated rings. The lowest BCUT2D eigenvalue weighted by Gasteiger charge is -1.95. The molecular formula is C12H9IO2S. The highest BCUT2D eigenvalue weighted by molar-refractivity contribution is 14.1. The summed E-state index contributed by atoms with van der Waals surface area (Å²) in [5.74, 6) is -0.267. The van der Waals surface area contributed by atoms with E-state index in [9.17, 15) is 4.79 Å². The van der Waals surface area contributed by atoms with Crippen molar-refractivity contribution in [1.29, 1.82) is 0 Å². The maximum atomic E-state index is 11.5. The number of thiophene rings is 1. The first-order valence-electron chi connectivity index (χ1n) is 4.65. The first-order chi connectivity index (χ1) is 7.72. The lowest BCUT2D eigenvalue weighted by Crippen LogP contribution is -1.99. The second-order valence-electron chi connectivity index (χ2n) is 3.15. The van der Waals surface area contributed by atoms with Crippen LogP contribution in [-0.4, -0.2) is 13.1 Å². The number of methoxy groups -OCH3 is 1. The van der Waals surface area contributed by atoms with E-state index in [-0.39, 0.29) is 5.97 Å². The van der Waals surface area contributed by atoms with E-state index < -0.39 is 0 Å². The molecule has 0 saturated heterocycles. The number of carbonyl (C=O) groups is 1. The Hall–Kier alpha value is -0.880. The van der Waals surface area contributed by atoms with Crippen LogP contribution in [0, 0.1) is 3.57 Å². The molecule has 0 saturated carbocycles. The van der Waals surface area contributed by atoms with Crippen molar-refractivity contribution in [2.45, 2.75) is 0 Å². The Labute approximate surface area is 111 Å². The molecule has 0 unspecified atom stereocenters. The summed E-state index contributed by atoms with van der Waals surface area (Å²) in [5, 5.41) is 0. The van der Waals surface area contributed by atoms with Crippen molar-refractivity contribution < 1.29 is 9.53 Å². The van der Waals surface area contributed by atoms with E-state index in [2.05, 4.69) is 22.6 Å². The third kappa shape index (κ3) is 2.27. The topological polar surface area (TPSA) is 26.3 Å². The van der Waals surface area contributed by atoms with Crippen molar-refractivity contribution in [3.05, 3.63) is 44.8 Å². The van der Waals surface area contributed by atoms with Crippen molar-refractivity contribution in [2.75, 3.05) is 7.11 Å². The number of hydrogen-bond donors (Lipinski definition) is 0. The Balaban J connectivity index is 2.42. The molecule has 2 rings (SSSR count). The molecule has 0 radical (unpaired) electrons. The highest BCUT2D eigenvalue weighted by atomic mass is 127. The number of ether oxygens (including phenoxy) is 1. The Morgan fingerprint density at radius 2 is 2.00 bits per heavy atom. The predicted molar refractivity (Wildman–Crippen MR) is 73.8 cm³/mol. The molecule has 0 aliphatic rings. The molecule has 4 heteroatoms. The van der Waals surface area contributed by atoms with Gasteiger partial charge in [-0.1, -0.05) is 30.3 Å². The fourth-order valence-corrected chi connectivity index (χ4v) is 3.39. The first-order valence-corrected chi connectivity index (χ1v) is 6.55. The summed E-state index contributed by atoms with van der Waals surface area (Å²) in [6.07, 6.45) is 0. The van der Waals surface area contributed by atoms with Gasteiger partial charge in [-0.05, 0) is 34.2 Å². The molecule has 0 aliphatic carbocycles. The lowest BCUT2D eigenvalue weighted by atomic mass is 10.2. The Morgan fingerprint density at radius 1 is 1.31 bits per heavy atom. The van der Waals surface area contributed by atoms with Gasteiger partial charge in [0, 0.05) is 8.45 Å². The minimum atomic E-state index is -0.267. The van der Waals surface area contributed by atoms with Crippen molar-refractivity contribution in [3.8, 4) is 10.4 Å². The molecular weight excluding hydrogens is 335 g/mol. The molecule has 0 N–H and O–H groups in total. The molecule has 2 nitrogen and oxygen atoms in total. The number of halogens is 1.